The molecule has 120 valence electrons. The first kappa shape index (κ1) is 16.2. The van der Waals surface area contributed by atoms with E-state index in [1.165, 1.54) is 5.56 Å². The fourth-order valence-electron chi connectivity index (χ4n) is 2.14. The van der Waals surface area contributed by atoms with Gasteiger partial charge in [0, 0.05) is 16.8 Å². The van der Waals surface area contributed by atoms with Crippen molar-refractivity contribution >= 4 is 33.6 Å². The Kier molecular flexibility index (Phi) is 5.46. The molecule has 0 unspecified atom stereocenters. The predicted molar refractivity (Wildman–Crippen MR) is 94.7 cm³/mol. The number of thioether (sulfide) groups is 1. The first-order chi connectivity index (χ1) is 11.2. The lowest BCUT2D eigenvalue weighted by atomic mass is 10.2. The molecule has 2 aromatic carbocycles. The number of hydrogen-bond acceptors (Lipinski definition) is 4. The normalized spacial score (nSPS) is 12.2. The van der Waals surface area contributed by atoms with Crippen molar-refractivity contribution in [3.63, 3.8) is 0 Å². The lowest BCUT2D eigenvalue weighted by Crippen LogP contribution is -2.24. The molecule has 0 spiro atoms. The number of halogens is 1. The molecule has 2 aromatic rings. The van der Waals surface area contributed by atoms with E-state index in [0.29, 0.717) is 12.3 Å². The zero-order valence-electron chi connectivity index (χ0n) is 12.4. The second-order valence-corrected chi connectivity index (χ2v) is 6.98. The average Bonchev–Trinajstić information content (AvgIpc) is 3.02. The van der Waals surface area contributed by atoms with Gasteiger partial charge in [-0.05, 0) is 35.4 Å². The Labute approximate surface area is 147 Å². The third kappa shape index (κ3) is 4.65. The van der Waals surface area contributed by atoms with Crippen LogP contribution in [0.15, 0.2) is 46.9 Å². The van der Waals surface area contributed by atoms with Crippen molar-refractivity contribution < 1.29 is 14.3 Å². The van der Waals surface area contributed by atoms with Crippen LogP contribution in [0, 0.1) is 0 Å². The van der Waals surface area contributed by atoms with Gasteiger partial charge < -0.3 is 14.8 Å². The van der Waals surface area contributed by atoms with Crippen LogP contribution < -0.4 is 14.8 Å². The molecule has 0 aromatic heterocycles. The van der Waals surface area contributed by atoms with Gasteiger partial charge in [-0.3, -0.25) is 4.79 Å². The van der Waals surface area contributed by atoms with E-state index in [4.69, 9.17) is 9.47 Å². The highest BCUT2D eigenvalue weighted by Crippen LogP contribution is 2.32. The lowest BCUT2D eigenvalue weighted by Gasteiger charge is -2.06. The monoisotopic (exact) mass is 393 g/mol. The third-order valence-electron chi connectivity index (χ3n) is 3.34. The number of carbonyl (C=O) groups is 1. The fourth-order valence-corrected chi connectivity index (χ4v) is 3.23. The van der Waals surface area contributed by atoms with E-state index in [1.807, 2.05) is 30.3 Å². The van der Waals surface area contributed by atoms with Crippen molar-refractivity contribution in [1.29, 1.82) is 0 Å². The van der Waals surface area contributed by atoms with Crippen LogP contribution in [0.4, 0.5) is 0 Å². The van der Waals surface area contributed by atoms with Gasteiger partial charge in [-0.1, -0.05) is 34.1 Å². The summed E-state index contributed by atoms with van der Waals surface area (Å²) < 4.78 is 11.7. The van der Waals surface area contributed by atoms with Crippen molar-refractivity contribution in [3.8, 4) is 11.5 Å². The van der Waals surface area contributed by atoms with Gasteiger partial charge in [0.2, 0.25) is 12.7 Å². The Morgan fingerprint density at radius 1 is 1.09 bits per heavy atom. The molecule has 0 aliphatic carbocycles. The molecule has 0 radical (unpaired) electrons. The largest absolute Gasteiger partial charge is 0.454 e. The van der Waals surface area contributed by atoms with E-state index >= 15 is 0 Å². The molecule has 6 heteroatoms. The molecule has 0 saturated heterocycles. The molecule has 1 N–H and O–H groups in total. The number of nitrogens with one attached hydrogen (secondary N) is 1. The standard InChI is InChI=1S/C17H16BrNO3S/c18-14-4-1-12(2-5-14)9-23-10-17(20)19-8-13-3-6-15-16(7-13)22-11-21-15/h1-7H,8-11H2,(H,19,20). The molecular formula is C17H16BrNO3S. The molecule has 1 aliphatic heterocycles. The van der Waals surface area contributed by atoms with Crippen LogP contribution in [0.25, 0.3) is 0 Å². The van der Waals surface area contributed by atoms with Gasteiger partial charge in [0.15, 0.2) is 11.5 Å². The quantitative estimate of drug-likeness (QED) is 0.811. The van der Waals surface area contributed by atoms with Crippen molar-refractivity contribution in [2.45, 2.75) is 12.3 Å². The van der Waals surface area contributed by atoms with E-state index in [9.17, 15) is 4.79 Å². The molecule has 0 bridgehead atoms. The van der Waals surface area contributed by atoms with Crippen molar-refractivity contribution in [2.75, 3.05) is 12.5 Å². The maximum Gasteiger partial charge on any atom is 0.231 e. The highest BCUT2D eigenvalue weighted by atomic mass is 79.9. The first-order valence-corrected chi connectivity index (χ1v) is 9.13. The maximum absolute atomic E-state index is 11.9. The Morgan fingerprint density at radius 2 is 1.83 bits per heavy atom. The van der Waals surface area contributed by atoms with Crippen LogP contribution >= 0.6 is 27.7 Å². The number of fused-ring (bicyclic) bond motifs is 1. The Morgan fingerprint density at radius 3 is 2.65 bits per heavy atom. The number of benzene rings is 2. The van der Waals surface area contributed by atoms with Gasteiger partial charge >= 0.3 is 0 Å². The number of hydrogen-bond donors (Lipinski definition) is 1. The van der Waals surface area contributed by atoms with Gasteiger partial charge in [0.05, 0.1) is 5.75 Å². The van der Waals surface area contributed by atoms with Crippen molar-refractivity contribution in [2.24, 2.45) is 0 Å². The zero-order valence-corrected chi connectivity index (χ0v) is 14.8. The molecular weight excluding hydrogens is 378 g/mol. The Balaban J connectivity index is 1.40. The third-order valence-corrected chi connectivity index (χ3v) is 4.87. The van der Waals surface area contributed by atoms with E-state index in [-0.39, 0.29) is 12.7 Å². The van der Waals surface area contributed by atoms with Gasteiger partial charge in [-0.2, -0.15) is 0 Å². The summed E-state index contributed by atoms with van der Waals surface area (Å²) in [6.45, 7) is 0.756. The van der Waals surface area contributed by atoms with Crippen molar-refractivity contribution in [3.05, 3.63) is 58.1 Å². The van der Waals surface area contributed by atoms with E-state index in [1.54, 1.807) is 11.8 Å². The Hall–Kier alpha value is -1.66. The average molecular weight is 394 g/mol. The summed E-state index contributed by atoms with van der Waals surface area (Å²) >= 11 is 5.01. The summed E-state index contributed by atoms with van der Waals surface area (Å²) in [5.41, 5.74) is 2.21. The highest BCUT2D eigenvalue weighted by molar-refractivity contribution is 9.10. The molecule has 1 aliphatic rings. The van der Waals surface area contributed by atoms with Crippen molar-refractivity contribution in [1.82, 2.24) is 5.32 Å². The highest BCUT2D eigenvalue weighted by Gasteiger charge is 2.13. The topological polar surface area (TPSA) is 47.6 Å². The van der Waals surface area contributed by atoms with Crippen LogP contribution in [-0.2, 0) is 17.1 Å². The second kappa shape index (κ2) is 7.75. The summed E-state index contributed by atoms with van der Waals surface area (Å²) in [7, 11) is 0. The van der Waals surface area contributed by atoms with Gasteiger partial charge in [0.25, 0.3) is 0 Å². The molecule has 0 atom stereocenters. The van der Waals surface area contributed by atoms with E-state index < -0.39 is 0 Å². The summed E-state index contributed by atoms with van der Waals surface area (Å²) in [6.07, 6.45) is 0. The molecule has 0 fully saturated rings. The zero-order chi connectivity index (χ0) is 16.1. The molecule has 23 heavy (non-hydrogen) atoms. The molecule has 0 saturated carbocycles. The Bertz CT molecular complexity index is 691. The second-order valence-electron chi connectivity index (χ2n) is 5.08. The number of ether oxygens (including phenoxy) is 2. The first-order valence-electron chi connectivity index (χ1n) is 7.18. The van der Waals surface area contributed by atoms with Gasteiger partial charge in [-0.25, -0.2) is 0 Å². The van der Waals surface area contributed by atoms with Crippen LogP contribution in [-0.4, -0.2) is 18.5 Å². The van der Waals surface area contributed by atoms with Gasteiger partial charge in [0.1, 0.15) is 0 Å². The molecule has 1 amide bonds. The summed E-state index contributed by atoms with van der Waals surface area (Å²) in [4.78, 5) is 11.9. The van der Waals surface area contributed by atoms with Crippen LogP contribution in [0.2, 0.25) is 0 Å². The minimum Gasteiger partial charge on any atom is -0.454 e. The fraction of sp³-hybridized carbons (Fsp3) is 0.235. The van der Waals surface area contributed by atoms with E-state index in [0.717, 1.165) is 27.3 Å². The predicted octanol–water partition coefficient (Wildman–Crippen LogP) is 3.73. The number of amides is 1. The van der Waals surface area contributed by atoms with Crippen LogP contribution in [0.3, 0.4) is 0 Å². The van der Waals surface area contributed by atoms with Gasteiger partial charge in [-0.15, -0.1) is 11.8 Å². The van der Waals surface area contributed by atoms with Crippen LogP contribution in [0.1, 0.15) is 11.1 Å². The maximum atomic E-state index is 11.9. The molecule has 3 rings (SSSR count). The minimum absolute atomic E-state index is 0.0322. The summed E-state index contributed by atoms with van der Waals surface area (Å²) in [6, 6.07) is 13.8. The summed E-state index contributed by atoms with van der Waals surface area (Å²) in [5.74, 6) is 2.79. The minimum atomic E-state index is 0.0322. The molecule has 4 nitrogen and oxygen atoms in total. The number of rotatable bonds is 6. The van der Waals surface area contributed by atoms with E-state index in [2.05, 4.69) is 33.4 Å². The molecule has 1 heterocycles. The number of carbonyl (C=O) groups excluding carboxylic acids is 1. The lowest BCUT2D eigenvalue weighted by molar-refractivity contribution is -0.118. The smallest absolute Gasteiger partial charge is 0.231 e. The SMILES string of the molecule is O=C(CSCc1ccc(Br)cc1)NCc1ccc2c(c1)OCO2. The summed E-state index contributed by atoms with van der Waals surface area (Å²) in [5, 5.41) is 2.92. The van der Waals surface area contributed by atoms with Crippen LogP contribution in [0.5, 0.6) is 11.5 Å².